The van der Waals surface area contributed by atoms with Crippen LogP contribution >= 0.6 is 0 Å². The molecule has 140 valence electrons. The van der Waals surface area contributed by atoms with Crippen molar-refractivity contribution in [1.29, 1.82) is 0 Å². The summed E-state index contributed by atoms with van der Waals surface area (Å²) in [5.41, 5.74) is 3.17. The third-order valence-electron chi connectivity index (χ3n) is 4.22. The summed E-state index contributed by atoms with van der Waals surface area (Å²) in [5.74, 6) is 1.28. The van der Waals surface area contributed by atoms with Crippen LogP contribution in [0.1, 0.15) is 10.4 Å². The number of anilines is 1. The van der Waals surface area contributed by atoms with Crippen molar-refractivity contribution >= 4 is 22.7 Å². The Morgan fingerprint density at radius 1 is 0.964 bits per heavy atom. The van der Waals surface area contributed by atoms with E-state index in [9.17, 15) is 4.79 Å². The van der Waals surface area contributed by atoms with Crippen LogP contribution in [0.4, 0.5) is 5.69 Å². The van der Waals surface area contributed by atoms with Gasteiger partial charge in [-0.05, 0) is 42.5 Å². The maximum atomic E-state index is 12.6. The van der Waals surface area contributed by atoms with Gasteiger partial charge in [0.05, 0.1) is 14.2 Å². The molecule has 0 bridgehead atoms. The Morgan fingerprint density at radius 2 is 1.75 bits per heavy atom. The van der Waals surface area contributed by atoms with Crippen molar-refractivity contribution in [2.45, 2.75) is 0 Å². The minimum absolute atomic E-state index is 0.269. The van der Waals surface area contributed by atoms with Gasteiger partial charge in [0.1, 0.15) is 5.52 Å². The van der Waals surface area contributed by atoms with Gasteiger partial charge in [-0.1, -0.05) is 0 Å². The van der Waals surface area contributed by atoms with Gasteiger partial charge in [0.25, 0.3) is 5.91 Å². The van der Waals surface area contributed by atoms with Gasteiger partial charge in [-0.3, -0.25) is 9.78 Å². The van der Waals surface area contributed by atoms with Crippen molar-refractivity contribution < 1.29 is 18.7 Å². The molecule has 2 aromatic carbocycles. The minimum Gasteiger partial charge on any atom is -0.493 e. The van der Waals surface area contributed by atoms with Crippen LogP contribution in [0.5, 0.6) is 11.5 Å². The summed E-state index contributed by atoms with van der Waals surface area (Å²) >= 11 is 0. The van der Waals surface area contributed by atoms with Crippen LogP contribution in [0, 0.1) is 0 Å². The predicted molar refractivity (Wildman–Crippen MR) is 105 cm³/mol. The maximum absolute atomic E-state index is 12.6. The topological polar surface area (TPSA) is 86.5 Å². The van der Waals surface area contributed by atoms with Crippen molar-refractivity contribution in [3.8, 4) is 23.0 Å². The molecule has 7 nitrogen and oxygen atoms in total. The molecule has 0 fully saturated rings. The van der Waals surface area contributed by atoms with Gasteiger partial charge in [0.15, 0.2) is 17.1 Å². The van der Waals surface area contributed by atoms with Crippen molar-refractivity contribution in [2.75, 3.05) is 19.5 Å². The number of carbonyl (C=O) groups excluding carboxylic acids is 1. The number of ether oxygens (including phenoxy) is 2. The molecule has 0 radical (unpaired) electrons. The molecule has 0 aliphatic rings. The number of rotatable bonds is 5. The molecule has 28 heavy (non-hydrogen) atoms. The number of amides is 1. The molecule has 4 rings (SSSR count). The van der Waals surface area contributed by atoms with E-state index in [1.165, 1.54) is 7.11 Å². The van der Waals surface area contributed by atoms with Gasteiger partial charge in [0.2, 0.25) is 5.89 Å². The number of hydrogen-bond donors (Lipinski definition) is 1. The van der Waals surface area contributed by atoms with Crippen LogP contribution in [0.3, 0.4) is 0 Å². The lowest BCUT2D eigenvalue weighted by atomic mass is 10.2. The minimum atomic E-state index is -0.269. The quantitative estimate of drug-likeness (QED) is 0.564. The van der Waals surface area contributed by atoms with Gasteiger partial charge < -0.3 is 19.2 Å². The summed E-state index contributed by atoms with van der Waals surface area (Å²) in [6.45, 7) is 0. The fraction of sp³-hybridized carbons (Fsp3) is 0.0952. The van der Waals surface area contributed by atoms with E-state index >= 15 is 0 Å². The summed E-state index contributed by atoms with van der Waals surface area (Å²) in [6.07, 6.45) is 3.36. The molecule has 2 heterocycles. The summed E-state index contributed by atoms with van der Waals surface area (Å²) in [7, 11) is 3.07. The third-order valence-corrected chi connectivity index (χ3v) is 4.22. The van der Waals surface area contributed by atoms with Gasteiger partial charge in [-0.25, -0.2) is 4.98 Å². The van der Waals surface area contributed by atoms with E-state index < -0.39 is 0 Å². The average Bonchev–Trinajstić information content (AvgIpc) is 3.17. The lowest BCUT2D eigenvalue weighted by Gasteiger charge is -2.10. The molecule has 1 amide bonds. The molecule has 1 N–H and O–H groups in total. The number of hydrogen-bond acceptors (Lipinski definition) is 6. The molecular weight excluding hydrogens is 358 g/mol. The van der Waals surface area contributed by atoms with Gasteiger partial charge in [-0.15, -0.1) is 0 Å². The highest BCUT2D eigenvalue weighted by Gasteiger charge is 2.13. The molecular formula is C21H17N3O4. The van der Waals surface area contributed by atoms with Crippen LogP contribution < -0.4 is 14.8 Å². The highest BCUT2D eigenvalue weighted by atomic mass is 16.5. The number of benzene rings is 2. The zero-order valence-electron chi connectivity index (χ0n) is 15.3. The summed E-state index contributed by atoms with van der Waals surface area (Å²) in [6, 6.07) is 14.0. The molecule has 0 aliphatic carbocycles. The number of carbonyl (C=O) groups is 1. The SMILES string of the molecule is COc1ccc(C(=O)Nc2ccc3nc(-c4ccncc4)oc3c2)cc1OC. The van der Waals surface area contributed by atoms with Crippen LogP contribution in [-0.2, 0) is 0 Å². The molecule has 7 heteroatoms. The molecule has 0 aliphatic heterocycles. The fourth-order valence-electron chi connectivity index (χ4n) is 2.80. The first-order valence-corrected chi connectivity index (χ1v) is 8.52. The summed E-state index contributed by atoms with van der Waals surface area (Å²) in [5, 5.41) is 2.86. The van der Waals surface area contributed by atoms with Crippen molar-refractivity contribution in [1.82, 2.24) is 9.97 Å². The van der Waals surface area contributed by atoms with Gasteiger partial charge in [0, 0.05) is 35.3 Å². The molecule has 0 atom stereocenters. The van der Waals surface area contributed by atoms with E-state index in [4.69, 9.17) is 13.9 Å². The third kappa shape index (κ3) is 3.37. The fourth-order valence-corrected chi connectivity index (χ4v) is 2.80. The van der Waals surface area contributed by atoms with Crippen LogP contribution in [0.2, 0.25) is 0 Å². The number of fused-ring (bicyclic) bond motifs is 1. The van der Waals surface area contributed by atoms with Crippen molar-refractivity contribution in [2.24, 2.45) is 0 Å². The lowest BCUT2D eigenvalue weighted by molar-refractivity contribution is 0.102. The van der Waals surface area contributed by atoms with Crippen LogP contribution in [-0.4, -0.2) is 30.1 Å². The first-order chi connectivity index (χ1) is 13.7. The Balaban J connectivity index is 1.58. The molecule has 2 aromatic heterocycles. The number of oxazole rings is 1. The Labute approximate surface area is 160 Å². The monoisotopic (exact) mass is 375 g/mol. The summed E-state index contributed by atoms with van der Waals surface area (Å²) < 4.78 is 16.3. The smallest absolute Gasteiger partial charge is 0.255 e. The first kappa shape index (κ1) is 17.5. The molecule has 0 spiro atoms. The molecule has 0 saturated carbocycles. The second-order valence-electron chi connectivity index (χ2n) is 5.96. The van der Waals surface area contributed by atoms with Gasteiger partial charge in [-0.2, -0.15) is 0 Å². The number of methoxy groups -OCH3 is 2. The van der Waals surface area contributed by atoms with Crippen molar-refractivity contribution in [3.63, 3.8) is 0 Å². The van der Waals surface area contributed by atoms with E-state index in [-0.39, 0.29) is 5.91 Å². The van der Waals surface area contributed by atoms with E-state index in [1.54, 1.807) is 55.9 Å². The number of nitrogens with one attached hydrogen (secondary N) is 1. The molecule has 0 saturated heterocycles. The normalized spacial score (nSPS) is 10.6. The number of pyridine rings is 1. The second kappa shape index (κ2) is 7.40. The standard InChI is InChI=1S/C21H17N3O4/c1-26-17-6-3-14(11-19(17)27-2)20(25)23-15-4-5-16-18(12-15)28-21(24-16)13-7-9-22-10-8-13/h3-12H,1-2H3,(H,23,25). The van der Waals surface area contributed by atoms with Crippen molar-refractivity contribution in [3.05, 3.63) is 66.5 Å². The number of nitrogens with zero attached hydrogens (tertiary/aromatic N) is 2. The lowest BCUT2D eigenvalue weighted by Crippen LogP contribution is -2.12. The molecule has 0 unspecified atom stereocenters. The zero-order valence-corrected chi connectivity index (χ0v) is 15.3. The highest BCUT2D eigenvalue weighted by Crippen LogP contribution is 2.29. The number of aromatic nitrogens is 2. The largest absolute Gasteiger partial charge is 0.493 e. The highest BCUT2D eigenvalue weighted by molar-refractivity contribution is 6.05. The van der Waals surface area contributed by atoms with E-state index in [1.807, 2.05) is 12.1 Å². The predicted octanol–water partition coefficient (Wildman–Crippen LogP) is 4.16. The Morgan fingerprint density at radius 3 is 2.50 bits per heavy atom. The Bertz CT molecular complexity index is 1140. The Kier molecular flexibility index (Phi) is 4.63. The zero-order chi connectivity index (χ0) is 19.5. The second-order valence-corrected chi connectivity index (χ2v) is 5.96. The van der Waals surface area contributed by atoms with E-state index in [2.05, 4.69) is 15.3 Å². The first-order valence-electron chi connectivity index (χ1n) is 8.52. The van der Waals surface area contributed by atoms with Gasteiger partial charge >= 0.3 is 0 Å². The van der Waals surface area contributed by atoms with Crippen LogP contribution in [0.15, 0.2) is 65.3 Å². The summed E-state index contributed by atoms with van der Waals surface area (Å²) in [4.78, 5) is 21.0. The maximum Gasteiger partial charge on any atom is 0.255 e. The average molecular weight is 375 g/mol. The molecule has 4 aromatic rings. The van der Waals surface area contributed by atoms with E-state index in [0.29, 0.717) is 39.7 Å². The van der Waals surface area contributed by atoms with Crippen LogP contribution in [0.25, 0.3) is 22.6 Å². The Hall–Kier alpha value is -3.87. The van der Waals surface area contributed by atoms with E-state index in [0.717, 1.165) is 5.56 Å².